The Labute approximate surface area is 118 Å². The molecule has 0 saturated heterocycles. The van der Waals surface area contributed by atoms with Crippen molar-refractivity contribution < 1.29 is 5.11 Å². The summed E-state index contributed by atoms with van der Waals surface area (Å²) in [5.41, 5.74) is 3.01. The molecular formula is C17H16N2O. The maximum absolute atomic E-state index is 11.4. The molecule has 0 bridgehead atoms. The van der Waals surface area contributed by atoms with E-state index < -0.39 is 5.72 Å². The molecule has 0 aliphatic carbocycles. The van der Waals surface area contributed by atoms with Gasteiger partial charge in [-0.2, -0.15) is 0 Å². The van der Waals surface area contributed by atoms with E-state index in [4.69, 9.17) is 0 Å². The maximum Gasteiger partial charge on any atom is 0.193 e. The molecule has 3 nitrogen and oxygen atoms in total. The molecule has 2 heterocycles. The number of aliphatic hydroxyl groups is 1. The molecule has 1 unspecified atom stereocenters. The lowest BCUT2D eigenvalue weighted by molar-refractivity contribution is -0.0242. The summed E-state index contributed by atoms with van der Waals surface area (Å²) in [6, 6.07) is 16.0. The first kappa shape index (κ1) is 11.7. The van der Waals surface area contributed by atoms with Crippen LogP contribution in [0.2, 0.25) is 0 Å². The molecule has 0 amide bonds. The highest BCUT2D eigenvalue weighted by molar-refractivity contribution is 6.05. The molecule has 3 heteroatoms. The van der Waals surface area contributed by atoms with Crippen molar-refractivity contribution >= 4 is 5.84 Å². The summed E-state index contributed by atoms with van der Waals surface area (Å²) in [4.78, 5) is 6.60. The van der Waals surface area contributed by atoms with Gasteiger partial charge >= 0.3 is 0 Å². The van der Waals surface area contributed by atoms with Crippen LogP contribution in [0.3, 0.4) is 0 Å². The Morgan fingerprint density at radius 1 is 1.15 bits per heavy atom. The Kier molecular flexibility index (Phi) is 2.30. The van der Waals surface area contributed by atoms with Gasteiger partial charge in [-0.1, -0.05) is 48.0 Å². The van der Waals surface area contributed by atoms with Crippen molar-refractivity contribution in [3.63, 3.8) is 0 Å². The Morgan fingerprint density at radius 3 is 2.75 bits per heavy atom. The molecule has 100 valence electrons. The number of amidine groups is 1. The number of rotatable bonds is 1. The van der Waals surface area contributed by atoms with Crippen LogP contribution in [0.5, 0.6) is 0 Å². The SMILES string of the molecule is Cc1ccc2c(c1)C1=NCCN1C2(O)c1ccccc1. The Hall–Kier alpha value is -2.13. The molecule has 0 fully saturated rings. The predicted octanol–water partition coefficient (Wildman–Crippen LogP) is 2.26. The molecule has 20 heavy (non-hydrogen) atoms. The fourth-order valence-corrected chi connectivity index (χ4v) is 3.27. The van der Waals surface area contributed by atoms with Crippen LogP contribution in [0, 0.1) is 6.92 Å². The molecule has 0 aromatic heterocycles. The van der Waals surface area contributed by atoms with Gasteiger partial charge < -0.3 is 10.0 Å². The van der Waals surface area contributed by atoms with Crippen molar-refractivity contribution in [1.82, 2.24) is 4.90 Å². The first-order valence-corrected chi connectivity index (χ1v) is 6.93. The van der Waals surface area contributed by atoms with Crippen molar-refractivity contribution in [2.75, 3.05) is 13.1 Å². The minimum Gasteiger partial charge on any atom is -0.363 e. The molecule has 4 rings (SSSR count). The average molecular weight is 264 g/mol. The number of fused-ring (bicyclic) bond motifs is 3. The number of aryl methyl sites for hydroxylation is 1. The Bertz CT molecular complexity index is 708. The largest absolute Gasteiger partial charge is 0.363 e. The highest BCUT2D eigenvalue weighted by Crippen LogP contribution is 2.43. The number of hydrogen-bond acceptors (Lipinski definition) is 3. The van der Waals surface area contributed by atoms with Crippen molar-refractivity contribution in [2.24, 2.45) is 4.99 Å². The molecule has 1 N–H and O–H groups in total. The van der Waals surface area contributed by atoms with Crippen LogP contribution in [0.15, 0.2) is 53.5 Å². The van der Waals surface area contributed by atoms with Gasteiger partial charge in [0.1, 0.15) is 5.84 Å². The van der Waals surface area contributed by atoms with E-state index in [1.807, 2.05) is 41.3 Å². The summed E-state index contributed by atoms with van der Waals surface area (Å²) in [5.74, 6) is 0.926. The number of hydrogen-bond donors (Lipinski definition) is 1. The van der Waals surface area contributed by atoms with Gasteiger partial charge in [0.25, 0.3) is 0 Å². The first-order valence-electron chi connectivity index (χ1n) is 6.93. The van der Waals surface area contributed by atoms with Gasteiger partial charge in [-0.15, -0.1) is 0 Å². The normalized spacial score (nSPS) is 23.5. The second kappa shape index (κ2) is 3.93. The highest BCUT2D eigenvalue weighted by Gasteiger charge is 2.49. The van der Waals surface area contributed by atoms with E-state index in [0.717, 1.165) is 35.6 Å². The van der Waals surface area contributed by atoms with E-state index in [9.17, 15) is 5.11 Å². The van der Waals surface area contributed by atoms with E-state index in [-0.39, 0.29) is 0 Å². The van der Waals surface area contributed by atoms with Gasteiger partial charge in [0, 0.05) is 23.2 Å². The third-order valence-corrected chi connectivity index (χ3v) is 4.20. The fraction of sp³-hybridized carbons (Fsp3) is 0.235. The molecule has 2 aliphatic heterocycles. The molecule has 2 aromatic carbocycles. The highest BCUT2D eigenvalue weighted by atomic mass is 16.3. The van der Waals surface area contributed by atoms with Gasteiger partial charge in [-0.25, -0.2) is 0 Å². The minimum atomic E-state index is -1.08. The van der Waals surface area contributed by atoms with Crippen molar-refractivity contribution in [3.05, 3.63) is 70.8 Å². The van der Waals surface area contributed by atoms with Crippen LogP contribution in [0.4, 0.5) is 0 Å². The number of benzene rings is 2. The van der Waals surface area contributed by atoms with Crippen LogP contribution < -0.4 is 0 Å². The average Bonchev–Trinajstić information content (AvgIpc) is 3.04. The second-order valence-electron chi connectivity index (χ2n) is 5.44. The third-order valence-electron chi connectivity index (χ3n) is 4.20. The van der Waals surface area contributed by atoms with Crippen LogP contribution in [0.1, 0.15) is 22.3 Å². The van der Waals surface area contributed by atoms with Crippen molar-refractivity contribution in [2.45, 2.75) is 12.6 Å². The van der Waals surface area contributed by atoms with Gasteiger partial charge in [-0.05, 0) is 13.0 Å². The molecule has 2 aromatic rings. The van der Waals surface area contributed by atoms with E-state index in [0.29, 0.717) is 0 Å². The van der Waals surface area contributed by atoms with E-state index in [1.165, 1.54) is 5.56 Å². The van der Waals surface area contributed by atoms with Crippen LogP contribution in [-0.4, -0.2) is 28.9 Å². The Balaban J connectivity index is 2.00. The van der Waals surface area contributed by atoms with Gasteiger partial charge in [0.15, 0.2) is 5.72 Å². The molecule has 0 saturated carbocycles. The van der Waals surface area contributed by atoms with Gasteiger partial charge in [-0.3, -0.25) is 4.99 Å². The molecule has 2 aliphatic rings. The third kappa shape index (κ3) is 1.36. The van der Waals surface area contributed by atoms with Crippen LogP contribution >= 0.6 is 0 Å². The molecule has 1 atom stereocenters. The topological polar surface area (TPSA) is 35.8 Å². The van der Waals surface area contributed by atoms with Crippen molar-refractivity contribution in [1.29, 1.82) is 0 Å². The summed E-state index contributed by atoms with van der Waals surface area (Å²) in [6.07, 6.45) is 0. The van der Waals surface area contributed by atoms with Crippen molar-refractivity contribution in [3.8, 4) is 0 Å². The van der Waals surface area contributed by atoms with Crippen LogP contribution in [-0.2, 0) is 5.72 Å². The van der Waals surface area contributed by atoms with Gasteiger partial charge in [0.05, 0.1) is 6.54 Å². The second-order valence-corrected chi connectivity index (χ2v) is 5.44. The molecule has 0 radical (unpaired) electrons. The standard InChI is InChI=1S/C17H16N2O/c1-12-7-8-15-14(11-12)16-18-9-10-19(16)17(15,20)13-5-3-2-4-6-13/h2-8,11,20H,9-10H2,1H3. The zero-order valence-corrected chi connectivity index (χ0v) is 11.4. The smallest absolute Gasteiger partial charge is 0.193 e. The van der Waals surface area contributed by atoms with E-state index in [1.54, 1.807) is 0 Å². The summed E-state index contributed by atoms with van der Waals surface area (Å²) >= 11 is 0. The lowest BCUT2D eigenvalue weighted by Crippen LogP contribution is -2.43. The predicted molar refractivity (Wildman–Crippen MR) is 78.7 cm³/mol. The molecule has 0 spiro atoms. The quantitative estimate of drug-likeness (QED) is 0.857. The zero-order valence-electron chi connectivity index (χ0n) is 11.4. The summed E-state index contributed by atoms with van der Waals surface area (Å²) in [5, 5.41) is 11.4. The minimum absolute atomic E-state index is 0.748. The lowest BCUT2D eigenvalue weighted by Gasteiger charge is -2.33. The summed E-state index contributed by atoms with van der Waals surface area (Å²) in [7, 11) is 0. The number of aliphatic imine (C=N–C) groups is 1. The van der Waals surface area contributed by atoms with E-state index >= 15 is 0 Å². The summed E-state index contributed by atoms with van der Waals surface area (Å²) < 4.78 is 0. The zero-order chi connectivity index (χ0) is 13.7. The first-order chi connectivity index (χ1) is 9.71. The monoisotopic (exact) mass is 264 g/mol. The Morgan fingerprint density at radius 2 is 1.95 bits per heavy atom. The number of nitrogens with zero attached hydrogens (tertiary/aromatic N) is 2. The summed E-state index contributed by atoms with van der Waals surface area (Å²) in [6.45, 7) is 3.58. The molecular weight excluding hydrogens is 248 g/mol. The van der Waals surface area contributed by atoms with E-state index in [2.05, 4.69) is 24.0 Å². The fourth-order valence-electron chi connectivity index (χ4n) is 3.27. The lowest BCUT2D eigenvalue weighted by atomic mass is 9.93. The van der Waals surface area contributed by atoms with Crippen LogP contribution in [0.25, 0.3) is 0 Å². The van der Waals surface area contributed by atoms with Gasteiger partial charge in [0.2, 0.25) is 0 Å². The maximum atomic E-state index is 11.4.